The molecule has 9 heteroatoms. The van der Waals surface area contributed by atoms with Crippen LogP contribution in [0.1, 0.15) is 21.1 Å². The van der Waals surface area contributed by atoms with E-state index in [1.165, 1.54) is 35.6 Å². The van der Waals surface area contributed by atoms with Crippen LogP contribution in [0.3, 0.4) is 0 Å². The third kappa shape index (κ3) is 5.97. The van der Waals surface area contributed by atoms with Gasteiger partial charge in [0.1, 0.15) is 23.1 Å². The number of hydrogen-bond acceptors (Lipinski definition) is 6. The minimum atomic E-state index is -3.73. The molecule has 0 aliphatic heterocycles. The van der Waals surface area contributed by atoms with E-state index in [0.29, 0.717) is 16.4 Å². The lowest BCUT2D eigenvalue weighted by atomic mass is 10.2. The van der Waals surface area contributed by atoms with Crippen LogP contribution in [0.4, 0.5) is 11.4 Å². The summed E-state index contributed by atoms with van der Waals surface area (Å²) in [4.78, 5) is 16.9. The molecule has 0 atom stereocenters. The first-order valence-electron chi connectivity index (χ1n) is 10.0. The van der Waals surface area contributed by atoms with Gasteiger partial charge in [-0.15, -0.1) is 11.3 Å². The van der Waals surface area contributed by atoms with E-state index >= 15 is 0 Å². The molecule has 7 nitrogen and oxygen atoms in total. The van der Waals surface area contributed by atoms with Crippen LogP contribution in [0.5, 0.6) is 5.75 Å². The van der Waals surface area contributed by atoms with E-state index in [4.69, 9.17) is 4.74 Å². The summed E-state index contributed by atoms with van der Waals surface area (Å²) in [6.45, 7) is 2.27. The number of nitrogens with one attached hydrogen (secondary N) is 2. The minimum absolute atomic E-state index is 0.0913. The quantitative estimate of drug-likeness (QED) is 0.367. The van der Waals surface area contributed by atoms with Gasteiger partial charge in [0.05, 0.1) is 4.90 Å². The van der Waals surface area contributed by atoms with Crippen LogP contribution in [-0.2, 0) is 16.6 Å². The number of ether oxygens (including phenoxy) is 1. The van der Waals surface area contributed by atoms with Crippen LogP contribution in [-0.4, -0.2) is 19.3 Å². The number of aromatic nitrogens is 1. The average molecular weight is 480 g/mol. The molecule has 0 aliphatic carbocycles. The van der Waals surface area contributed by atoms with Crippen molar-refractivity contribution in [3.8, 4) is 5.75 Å². The predicted molar refractivity (Wildman–Crippen MR) is 129 cm³/mol. The van der Waals surface area contributed by atoms with Gasteiger partial charge in [-0.2, -0.15) is 0 Å². The van der Waals surface area contributed by atoms with Crippen LogP contribution in [0.2, 0.25) is 0 Å². The van der Waals surface area contributed by atoms with Crippen LogP contribution in [0.25, 0.3) is 0 Å². The fourth-order valence-corrected chi connectivity index (χ4v) is 4.64. The maximum atomic E-state index is 12.5. The molecular formula is C24H21N3O4S2. The van der Waals surface area contributed by atoms with Crippen LogP contribution >= 0.6 is 11.3 Å². The molecule has 0 bridgehead atoms. The molecule has 1 amide bonds. The molecule has 0 saturated heterocycles. The van der Waals surface area contributed by atoms with Gasteiger partial charge in [-0.05, 0) is 55.5 Å². The normalized spacial score (nSPS) is 11.1. The Morgan fingerprint density at radius 1 is 0.939 bits per heavy atom. The van der Waals surface area contributed by atoms with Gasteiger partial charge in [-0.1, -0.05) is 35.9 Å². The molecule has 0 aliphatic rings. The number of hydrogen-bond donors (Lipinski definition) is 2. The number of carbonyl (C=O) groups is 1. The van der Waals surface area contributed by atoms with Crippen molar-refractivity contribution in [1.82, 2.24) is 4.98 Å². The highest BCUT2D eigenvalue weighted by Gasteiger charge is 2.15. The number of nitrogens with zero attached hydrogens (tertiary/aromatic N) is 1. The highest BCUT2D eigenvalue weighted by molar-refractivity contribution is 7.92. The number of amides is 1. The molecule has 1 heterocycles. The Morgan fingerprint density at radius 3 is 2.33 bits per heavy atom. The molecule has 2 N–H and O–H groups in total. The van der Waals surface area contributed by atoms with E-state index in [9.17, 15) is 13.2 Å². The zero-order chi connectivity index (χ0) is 23.3. The molecule has 0 spiro atoms. The van der Waals surface area contributed by atoms with Crippen molar-refractivity contribution in [3.63, 3.8) is 0 Å². The first-order chi connectivity index (χ1) is 15.9. The summed E-state index contributed by atoms with van der Waals surface area (Å²) < 4.78 is 33.3. The summed E-state index contributed by atoms with van der Waals surface area (Å²) in [5.74, 6) is 0.351. The number of benzene rings is 3. The Kier molecular flexibility index (Phi) is 6.71. The molecule has 0 fully saturated rings. The number of anilines is 2. The van der Waals surface area contributed by atoms with Crippen LogP contribution in [0, 0.1) is 6.92 Å². The molecule has 0 unspecified atom stereocenters. The minimum Gasteiger partial charge on any atom is -0.486 e. The molecule has 4 aromatic rings. The Labute approximate surface area is 196 Å². The fraction of sp³-hybridized carbons (Fsp3) is 0.0833. The number of rotatable bonds is 8. The van der Waals surface area contributed by atoms with Crippen molar-refractivity contribution in [1.29, 1.82) is 0 Å². The lowest BCUT2D eigenvalue weighted by Gasteiger charge is -2.09. The molecule has 0 saturated carbocycles. The summed E-state index contributed by atoms with van der Waals surface area (Å²) in [6, 6.07) is 22.3. The molecule has 0 radical (unpaired) electrons. The zero-order valence-electron chi connectivity index (χ0n) is 17.7. The smallest absolute Gasteiger partial charge is 0.275 e. The topological polar surface area (TPSA) is 97.4 Å². The van der Waals surface area contributed by atoms with E-state index in [0.717, 1.165) is 11.3 Å². The third-order valence-corrected chi connectivity index (χ3v) is 6.84. The van der Waals surface area contributed by atoms with Gasteiger partial charge in [-0.3, -0.25) is 9.52 Å². The largest absolute Gasteiger partial charge is 0.486 e. The van der Waals surface area contributed by atoms with Gasteiger partial charge in [0.25, 0.3) is 15.9 Å². The number of sulfonamides is 1. The fourth-order valence-electron chi connectivity index (χ4n) is 2.89. The van der Waals surface area contributed by atoms with Crippen molar-refractivity contribution in [2.45, 2.75) is 18.4 Å². The van der Waals surface area contributed by atoms with E-state index in [1.54, 1.807) is 35.7 Å². The second-order valence-corrected chi connectivity index (χ2v) is 9.80. The Morgan fingerprint density at radius 2 is 1.64 bits per heavy atom. The van der Waals surface area contributed by atoms with Crippen molar-refractivity contribution in [3.05, 3.63) is 101 Å². The van der Waals surface area contributed by atoms with Crippen LogP contribution in [0.15, 0.2) is 89.1 Å². The number of carbonyl (C=O) groups excluding carboxylic acids is 1. The van der Waals surface area contributed by atoms with Crippen molar-refractivity contribution in [2.24, 2.45) is 0 Å². The summed E-state index contributed by atoms with van der Waals surface area (Å²) in [5, 5.41) is 5.06. The molecule has 33 heavy (non-hydrogen) atoms. The lowest BCUT2D eigenvalue weighted by molar-refractivity contribution is 0.102. The Bertz CT molecular complexity index is 1330. The van der Waals surface area contributed by atoms with E-state index in [1.807, 2.05) is 31.2 Å². The summed E-state index contributed by atoms with van der Waals surface area (Å²) in [5.41, 5.74) is 2.35. The summed E-state index contributed by atoms with van der Waals surface area (Å²) in [6.07, 6.45) is 0. The Balaban J connectivity index is 1.35. The average Bonchev–Trinajstić information content (AvgIpc) is 3.29. The van der Waals surface area contributed by atoms with E-state index in [-0.39, 0.29) is 23.1 Å². The van der Waals surface area contributed by atoms with Crippen molar-refractivity contribution in [2.75, 3.05) is 10.0 Å². The van der Waals surface area contributed by atoms with Gasteiger partial charge in [0.2, 0.25) is 0 Å². The molecule has 168 valence electrons. The van der Waals surface area contributed by atoms with E-state index < -0.39 is 10.0 Å². The van der Waals surface area contributed by atoms with Gasteiger partial charge in [-0.25, -0.2) is 13.4 Å². The first kappa shape index (κ1) is 22.5. The van der Waals surface area contributed by atoms with Crippen molar-refractivity contribution >= 4 is 38.6 Å². The van der Waals surface area contributed by atoms with Gasteiger partial charge in [0.15, 0.2) is 0 Å². The number of para-hydroxylation sites is 1. The Hall–Kier alpha value is -3.69. The maximum Gasteiger partial charge on any atom is 0.275 e. The van der Waals surface area contributed by atoms with Crippen LogP contribution < -0.4 is 14.8 Å². The molecular weight excluding hydrogens is 458 g/mol. The van der Waals surface area contributed by atoms with Gasteiger partial charge < -0.3 is 10.1 Å². The van der Waals surface area contributed by atoms with Crippen molar-refractivity contribution < 1.29 is 17.9 Å². The highest BCUT2D eigenvalue weighted by atomic mass is 32.2. The van der Waals surface area contributed by atoms with Gasteiger partial charge >= 0.3 is 0 Å². The molecule has 4 rings (SSSR count). The van der Waals surface area contributed by atoms with Gasteiger partial charge in [0, 0.05) is 16.8 Å². The lowest BCUT2D eigenvalue weighted by Crippen LogP contribution is -2.14. The zero-order valence-corrected chi connectivity index (χ0v) is 19.3. The highest BCUT2D eigenvalue weighted by Crippen LogP contribution is 2.20. The molecule has 1 aromatic heterocycles. The summed E-state index contributed by atoms with van der Waals surface area (Å²) in [7, 11) is -3.73. The predicted octanol–water partition coefficient (Wildman–Crippen LogP) is 5.08. The molecule has 3 aromatic carbocycles. The van der Waals surface area contributed by atoms with E-state index in [2.05, 4.69) is 15.0 Å². The number of aryl methyl sites for hydroxylation is 1. The second kappa shape index (κ2) is 9.85. The third-order valence-electron chi connectivity index (χ3n) is 4.62. The number of thiazole rings is 1. The SMILES string of the molecule is Cc1ccc(OCc2nc(C(=O)Nc3ccc(S(=O)(=O)Nc4ccccc4)cc3)cs2)cc1. The standard InChI is InChI=1S/C24H21N3O4S2/c1-17-7-11-20(12-8-17)31-15-23-26-22(16-32-23)24(28)25-18-9-13-21(14-10-18)33(29,30)27-19-5-3-2-4-6-19/h2-14,16,27H,15H2,1H3,(H,25,28). The monoisotopic (exact) mass is 479 g/mol. The first-order valence-corrected chi connectivity index (χ1v) is 12.4. The summed E-state index contributed by atoms with van der Waals surface area (Å²) >= 11 is 1.33. The second-order valence-electron chi connectivity index (χ2n) is 7.18. The maximum absolute atomic E-state index is 12.5.